The number of hydrogen-bond acceptors (Lipinski definition) is 2. The summed E-state index contributed by atoms with van der Waals surface area (Å²) in [5.41, 5.74) is 0. The molecule has 0 spiro atoms. The first-order valence-electron chi connectivity index (χ1n) is 3.07. The van der Waals surface area contributed by atoms with Crippen LogP contribution in [0.1, 0.15) is 12.8 Å². The van der Waals surface area contributed by atoms with E-state index < -0.39 is 6.29 Å². The average Bonchev–Trinajstić information content (AvgIpc) is 2.18. The van der Waals surface area contributed by atoms with Crippen molar-refractivity contribution >= 4 is 0 Å². The Morgan fingerprint density at radius 1 is 1.78 bits per heavy atom. The first-order valence-corrected chi connectivity index (χ1v) is 3.07. The highest BCUT2D eigenvalue weighted by molar-refractivity contribution is 4.88. The molecule has 1 heterocycles. The van der Waals surface area contributed by atoms with Gasteiger partial charge in [0, 0.05) is 12.3 Å². The summed E-state index contributed by atoms with van der Waals surface area (Å²) in [5, 5.41) is 9.00. The smallest absolute Gasteiger partial charge is 0.158 e. The van der Waals surface area contributed by atoms with E-state index in [9.17, 15) is 0 Å². The van der Waals surface area contributed by atoms with Crippen molar-refractivity contribution in [3.05, 3.63) is 0 Å². The number of rotatable bonds is 1. The van der Waals surface area contributed by atoms with E-state index >= 15 is 0 Å². The maximum absolute atomic E-state index is 9.00. The summed E-state index contributed by atoms with van der Waals surface area (Å²) in [6.45, 7) is 0.646. The monoisotopic (exact) mass is 126 g/mol. The lowest BCUT2D eigenvalue weighted by molar-refractivity contribution is -0.0810. The predicted octanol–water partition coefficient (Wildman–Crippen LogP) is 0.365. The van der Waals surface area contributed by atoms with Gasteiger partial charge in [-0.2, -0.15) is 0 Å². The minimum atomic E-state index is -0.610. The fraction of sp³-hybridized carbons (Fsp3) is 0.714. The molecule has 1 fully saturated rings. The van der Waals surface area contributed by atoms with Crippen molar-refractivity contribution in [2.45, 2.75) is 19.1 Å². The molecule has 2 atom stereocenters. The Bertz CT molecular complexity index is 125. The lowest BCUT2D eigenvalue weighted by Gasteiger charge is -2.07. The zero-order valence-corrected chi connectivity index (χ0v) is 5.21. The molecule has 1 aliphatic heterocycles. The molecule has 0 bridgehead atoms. The minimum absolute atomic E-state index is 0.176. The zero-order valence-electron chi connectivity index (χ0n) is 5.21. The van der Waals surface area contributed by atoms with Gasteiger partial charge in [-0.05, 0) is 6.42 Å². The fourth-order valence-corrected chi connectivity index (χ4v) is 0.973. The van der Waals surface area contributed by atoms with Crippen molar-refractivity contribution in [3.8, 4) is 12.3 Å². The molecular weight excluding hydrogens is 116 g/mol. The summed E-state index contributed by atoms with van der Waals surface area (Å²) in [6, 6.07) is 0. The molecule has 1 rings (SSSR count). The predicted molar refractivity (Wildman–Crippen MR) is 33.5 cm³/mol. The van der Waals surface area contributed by atoms with Crippen LogP contribution in [-0.4, -0.2) is 18.0 Å². The summed E-state index contributed by atoms with van der Waals surface area (Å²) < 4.78 is 4.88. The van der Waals surface area contributed by atoms with Crippen molar-refractivity contribution in [3.63, 3.8) is 0 Å². The van der Waals surface area contributed by atoms with Gasteiger partial charge in [-0.1, -0.05) is 0 Å². The van der Waals surface area contributed by atoms with Gasteiger partial charge in [0.05, 0.1) is 6.61 Å². The number of aliphatic hydroxyl groups is 1. The number of hydrogen-bond donors (Lipinski definition) is 1. The maximum Gasteiger partial charge on any atom is 0.158 e. The first kappa shape index (κ1) is 6.60. The lowest BCUT2D eigenvalue weighted by Crippen LogP contribution is -2.13. The molecular formula is C7H10O2. The van der Waals surface area contributed by atoms with Crippen molar-refractivity contribution in [1.82, 2.24) is 0 Å². The van der Waals surface area contributed by atoms with Crippen LogP contribution < -0.4 is 0 Å². The van der Waals surface area contributed by atoms with Gasteiger partial charge >= 0.3 is 0 Å². The molecule has 0 saturated carbocycles. The van der Waals surface area contributed by atoms with Crippen LogP contribution in [0, 0.1) is 18.3 Å². The van der Waals surface area contributed by atoms with Crippen LogP contribution in [0.3, 0.4) is 0 Å². The molecule has 1 saturated heterocycles. The van der Waals surface area contributed by atoms with Gasteiger partial charge in [-0.15, -0.1) is 12.3 Å². The Morgan fingerprint density at radius 2 is 2.56 bits per heavy atom. The molecule has 2 nitrogen and oxygen atoms in total. The van der Waals surface area contributed by atoms with Crippen molar-refractivity contribution in [2.24, 2.45) is 5.92 Å². The van der Waals surface area contributed by atoms with Gasteiger partial charge in [-0.25, -0.2) is 0 Å². The third-order valence-corrected chi connectivity index (χ3v) is 1.56. The van der Waals surface area contributed by atoms with E-state index in [0.29, 0.717) is 13.0 Å². The third-order valence-electron chi connectivity index (χ3n) is 1.56. The Hall–Kier alpha value is -0.520. The summed E-state index contributed by atoms with van der Waals surface area (Å²) in [6.07, 6.45) is 5.96. The van der Waals surface area contributed by atoms with Crippen LogP contribution in [0.2, 0.25) is 0 Å². The minimum Gasteiger partial charge on any atom is -0.368 e. The van der Waals surface area contributed by atoms with E-state index in [2.05, 4.69) is 5.92 Å². The van der Waals surface area contributed by atoms with Gasteiger partial charge in [-0.3, -0.25) is 0 Å². The molecule has 2 heteroatoms. The molecule has 50 valence electrons. The normalized spacial score (nSPS) is 34.2. The first-order chi connectivity index (χ1) is 4.34. The van der Waals surface area contributed by atoms with Gasteiger partial charge in [0.2, 0.25) is 0 Å². The largest absolute Gasteiger partial charge is 0.368 e. The summed E-state index contributed by atoms with van der Waals surface area (Å²) in [4.78, 5) is 0. The topological polar surface area (TPSA) is 29.5 Å². The van der Waals surface area contributed by atoms with E-state index in [1.165, 1.54) is 0 Å². The molecule has 0 aromatic carbocycles. The second-order valence-corrected chi connectivity index (χ2v) is 2.22. The Balaban J connectivity index is 2.33. The SMILES string of the molecule is C#CC[C@@H]1CCO[C@H]1O. The van der Waals surface area contributed by atoms with E-state index in [0.717, 1.165) is 6.42 Å². The summed E-state index contributed by atoms with van der Waals surface area (Å²) >= 11 is 0. The molecule has 0 unspecified atom stereocenters. The van der Waals surface area contributed by atoms with Crippen LogP contribution in [-0.2, 0) is 4.74 Å². The van der Waals surface area contributed by atoms with Crippen LogP contribution in [0.15, 0.2) is 0 Å². The molecule has 0 aliphatic carbocycles. The molecule has 0 aromatic heterocycles. The molecule has 0 radical (unpaired) electrons. The zero-order chi connectivity index (χ0) is 6.69. The molecule has 0 amide bonds. The van der Waals surface area contributed by atoms with Crippen molar-refractivity contribution in [2.75, 3.05) is 6.61 Å². The van der Waals surface area contributed by atoms with Gasteiger partial charge in [0.15, 0.2) is 6.29 Å². The van der Waals surface area contributed by atoms with Crippen molar-refractivity contribution in [1.29, 1.82) is 0 Å². The van der Waals surface area contributed by atoms with Crippen molar-refractivity contribution < 1.29 is 9.84 Å². The highest BCUT2D eigenvalue weighted by atomic mass is 16.6. The van der Waals surface area contributed by atoms with Crippen LogP contribution in [0.5, 0.6) is 0 Å². The third kappa shape index (κ3) is 1.44. The molecule has 1 N–H and O–H groups in total. The van der Waals surface area contributed by atoms with E-state index in [1.807, 2.05) is 0 Å². The number of terminal acetylenes is 1. The van der Waals surface area contributed by atoms with Gasteiger partial charge < -0.3 is 9.84 Å². The molecule has 1 aliphatic rings. The van der Waals surface area contributed by atoms with E-state index in [4.69, 9.17) is 16.3 Å². The second kappa shape index (κ2) is 2.86. The molecule has 9 heavy (non-hydrogen) atoms. The molecule has 0 aromatic rings. The van der Waals surface area contributed by atoms with Crippen LogP contribution in [0.4, 0.5) is 0 Å². The lowest BCUT2D eigenvalue weighted by atomic mass is 10.0. The van der Waals surface area contributed by atoms with Gasteiger partial charge in [0.25, 0.3) is 0 Å². The average molecular weight is 126 g/mol. The number of ether oxygens (including phenoxy) is 1. The van der Waals surface area contributed by atoms with E-state index in [-0.39, 0.29) is 5.92 Å². The fourth-order valence-electron chi connectivity index (χ4n) is 0.973. The number of aliphatic hydroxyl groups excluding tert-OH is 1. The maximum atomic E-state index is 9.00. The second-order valence-electron chi connectivity index (χ2n) is 2.22. The quantitative estimate of drug-likeness (QED) is 0.514. The summed E-state index contributed by atoms with van der Waals surface area (Å²) in [5.74, 6) is 2.68. The Labute approximate surface area is 54.8 Å². The van der Waals surface area contributed by atoms with E-state index in [1.54, 1.807) is 0 Å². The Kier molecular flexibility index (Phi) is 2.10. The Morgan fingerprint density at radius 3 is 3.00 bits per heavy atom. The highest BCUT2D eigenvalue weighted by Gasteiger charge is 2.24. The summed E-state index contributed by atoms with van der Waals surface area (Å²) in [7, 11) is 0. The standard InChI is InChI=1S/C7H10O2/c1-2-3-6-4-5-9-7(6)8/h1,6-8H,3-5H2/t6-,7-/m1/s1. The van der Waals surface area contributed by atoms with Crippen LogP contribution in [0.25, 0.3) is 0 Å². The highest BCUT2D eigenvalue weighted by Crippen LogP contribution is 2.20. The van der Waals surface area contributed by atoms with Gasteiger partial charge in [0.1, 0.15) is 0 Å². The van der Waals surface area contributed by atoms with Crippen LogP contribution >= 0.6 is 0 Å².